The summed E-state index contributed by atoms with van der Waals surface area (Å²) in [6.45, 7) is 0. The second-order valence-corrected chi connectivity index (χ2v) is 13.2. The van der Waals surface area contributed by atoms with Crippen molar-refractivity contribution in [3.05, 3.63) is 152 Å². The smallest absolute Gasteiger partial charge is 0.0468 e. The van der Waals surface area contributed by atoms with Gasteiger partial charge in [-0.25, -0.2) is 0 Å². The largest absolute Gasteiger partial charge is 0.310 e. The molecule has 0 bridgehead atoms. The van der Waals surface area contributed by atoms with Crippen molar-refractivity contribution >= 4 is 90.9 Å². The summed E-state index contributed by atoms with van der Waals surface area (Å²) >= 11 is 3.73. The van der Waals surface area contributed by atoms with Crippen molar-refractivity contribution in [3.63, 3.8) is 0 Å². The van der Waals surface area contributed by atoms with Crippen molar-refractivity contribution in [2.75, 3.05) is 4.90 Å². The van der Waals surface area contributed by atoms with E-state index in [9.17, 15) is 0 Å². The Hall–Kier alpha value is -4.96. The van der Waals surface area contributed by atoms with Crippen LogP contribution < -0.4 is 4.90 Å². The number of hydrogen-bond acceptors (Lipinski definition) is 3. The van der Waals surface area contributed by atoms with E-state index in [-0.39, 0.29) is 0 Å². The molecule has 9 aromatic rings. The minimum Gasteiger partial charge on any atom is -0.310 e. The van der Waals surface area contributed by atoms with Gasteiger partial charge in [-0.2, -0.15) is 0 Å². The number of rotatable bonds is 4. The lowest BCUT2D eigenvalue weighted by Crippen LogP contribution is -2.09. The average molecular weight is 584 g/mol. The van der Waals surface area contributed by atoms with Gasteiger partial charge in [0.1, 0.15) is 0 Å². The van der Waals surface area contributed by atoms with Crippen LogP contribution in [0.5, 0.6) is 0 Å². The Balaban J connectivity index is 1.23. The lowest BCUT2D eigenvalue weighted by atomic mass is 10.0. The minimum atomic E-state index is 1.14. The molecule has 0 N–H and O–H groups in total. The Morgan fingerprint density at radius 2 is 0.884 bits per heavy atom. The summed E-state index contributed by atoms with van der Waals surface area (Å²) < 4.78 is 5.31. The molecule has 0 saturated heterocycles. The van der Waals surface area contributed by atoms with E-state index in [1.807, 2.05) is 22.7 Å². The monoisotopic (exact) mass is 583 g/mol. The van der Waals surface area contributed by atoms with Crippen molar-refractivity contribution in [2.45, 2.75) is 0 Å². The van der Waals surface area contributed by atoms with Gasteiger partial charge in [0.25, 0.3) is 0 Å². The van der Waals surface area contributed by atoms with E-state index in [1.165, 1.54) is 62.2 Å². The number of benzene rings is 7. The molecule has 3 heteroatoms. The van der Waals surface area contributed by atoms with Gasteiger partial charge in [-0.15, -0.1) is 22.7 Å². The van der Waals surface area contributed by atoms with Gasteiger partial charge >= 0.3 is 0 Å². The number of thiophene rings is 2. The van der Waals surface area contributed by atoms with Gasteiger partial charge in [-0.3, -0.25) is 0 Å². The van der Waals surface area contributed by atoms with E-state index >= 15 is 0 Å². The molecule has 0 radical (unpaired) electrons. The molecule has 0 aliphatic heterocycles. The number of nitrogens with zero attached hydrogens (tertiary/aromatic N) is 1. The van der Waals surface area contributed by atoms with Gasteiger partial charge in [-0.05, 0) is 88.6 Å². The predicted molar refractivity (Wildman–Crippen MR) is 190 cm³/mol. The molecule has 0 aliphatic carbocycles. The van der Waals surface area contributed by atoms with Gasteiger partial charge in [-0.1, -0.05) is 84.9 Å². The highest BCUT2D eigenvalue weighted by Crippen LogP contribution is 2.43. The van der Waals surface area contributed by atoms with Crippen molar-refractivity contribution in [3.8, 4) is 11.1 Å². The molecule has 202 valence electrons. The summed E-state index contributed by atoms with van der Waals surface area (Å²) in [6, 6.07) is 55.5. The molecule has 1 nitrogen and oxygen atoms in total. The fourth-order valence-electron chi connectivity index (χ4n) is 6.33. The number of fused-ring (bicyclic) bond motifs is 7. The first-order chi connectivity index (χ1) is 21.3. The van der Waals surface area contributed by atoms with Crippen LogP contribution in [-0.4, -0.2) is 0 Å². The van der Waals surface area contributed by atoms with Crippen molar-refractivity contribution < 1.29 is 0 Å². The highest BCUT2D eigenvalue weighted by atomic mass is 32.1. The van der Waals surface area contributed by atoms with E-state index in [4.69, 9.17) is 0 Å². The van der Waals surface area contributed by atoms with Gasteiger partial charge in [0.2, 0.25) is 0 Å². The molecule has 43 heavy (non-hydrogen) atoms. The first-order valence-electron chi connectivity index (χ1n) is 14.5. The van der Waals surface area contributed by atoms with Crippen molar-refractivity contribution in [2.24, 2.45) is 0 Å². The van der Waals surface area contributed by atoms with E-state index in [2.05, 4.69) is 157 Å². The molecule has 0 fully saturated rings. The van der Waals surface area contributed by atoms with Gasteiger partial charge < -0.3 is 4.90 Å². The summed E-state index contributed by atoms with van der Waals surface area (Å²) in [6.07, 6.45) is 0. The second kappa shape index (κ2) is 9.81. The lowest BCUT2D eigenvalue weighted by Gasteiger charge is -2.26. The molecule has 9 rings (SSSR count). The Morgan fingerprint density at radius 3 is 1.65 bits per heavy atom. The van der Waals surface area contributed by atoms with Crippen LogP contribution in [0.2, 0.25) is 0 Å². The SMILES string of the molecule is c1ccc(-c2ccc(N(c3ccc4cc5c(cc4c3)sc3ccccc35)c3ccc4sc5ccccc5c4c3)cc2)cc1. The molecule has 0 unspecified atom stereocenters. The third kappa shape index (κ3) is 4.12. The average Bonchev–Trinajstić information content (AvgIpc) is 3.62. The van der Waals surface area contributed by atoms with Crippen LogP contribution in [0, 0.1) is 0 Å². The quantitative estimate of drug-likeness (QED) is 0.199. The molecule has 0 spiro atoms. The Labute approximate surface area is 257 Å². The first-order valence-corrected chi connectivity index (χ1v) is 16.1. The molecule has 0 amide bonds. The van der Waals surface area contributed by atoms with E-state index in [0.717, 1.165) is 17.1 Å². The molecule has 2 aromatic heterocycles. The number of hydrogen-bond donors (Lipinski definition) is 0. The van der Waals surface area contributed by atoms with E-state index < -0.39 is 0 Å². The van der Waals surface area contributed by atoms with Gasteiger partial charge in [0.15, 0.2) is 0 Å². The summed E-state index contributed by atoms with van der Waals surface area (Å²) in [5.74, 6) is 0. The van der Waals surface area contributed by atoms with Crippen molar-refractivity contribution in [1.82, 2.24) is 0 Å². The first kappa shape index (κ1) is 24.6. The molecular formula is C40H25NS2. The van der Waals surface area contributed by atoms with E-state index in [1.54, 1.807) is 0 Å². The van der Waals surface area contributed by atoms with Crippen molar-refractivity contribution in [1.29, 1.82) is 0 Å². The van der Waals surface area contributed by atoms with Crippen LogP contribution in [0.3, 0.4) is 0 Å². The predicted octanol–water partition coefficient (Wildman–Crippen LogP) is 12.7. The Kier molecular flexibility index (Phi) is 5.62. The third-order valence-electron chi connectivity index (χ3n) is 8.43. The minimum absolute atomic E-state index is 1.14. The molecule has 2 heterocycles. The van der Waals surface area contributed by atoms with Crippen LogP contribution >= 0.6 is 22.7 Å². The van der Waals surface area contributed by atoms with Crippen LogP contribution in [-0.2, 0) is 0 Å². The second-order valence-electron chi connectivity index (χ2n) is 11.0. The standard InChI is InChI=1S/C40H25NS2/c1-2-8-26(9-3-1)27-14-17-30(18-15-27)41(32-20-21-39-36(25-32)34-11-5-6-12-37(34)42-39)31-19-16-28-23-35-33-10-4-7-13-38(33)43-40(35)24-29(28)22-31/h1-25H. The maximum Gasteiger partial charge on any atom is 0.0468 e. The summed E-state index contributed by atoms with van der Waals surface area (Å²) in [7, 11) is 0. The lowest BCUT2D eigenvalue weighted by molar-refractivity contribution is 1.30. The summed E-state index contributed by atoms with van der Waals surface area (Å²) in [4.78, 5) is 2.40. The van der Waals surface area contributed by atoms with Gasteiger partial charge in [0, 0.05) is 57.4 Å². The zero-order valence-electron chi connectivity index (χ0n) is 23.2. The van der Waals surface area contributed by atoms with Crippen LogP contribution in [0.1, 0.15) is 0 Å². The summed E-state index contributed by atoms with van der Waals surface area (Å²) in [5.41, 5.74) is 5.89. The van der Waals surface area contributed by atoms with Crippen LogP contribution in [0.15, 0.2) is 152 Å². The summed E-state index contributed by atoms with van der Waals surface area (Å²) in [5, 5.41) is 7.81. The van der Waals surface area contributed by atoms with Gasteiger partial charge in [0.05, 0.1) is 0 Å². The maximum absolute atomic E-state index is 2.40. The van der Waals surface area contributed by atoms with Crippen LogP contribution in [0.4, 0.5) is 17.1 Å². The topological polar surface area (TPSA) is 3.24 Å². The maximum atomic E-state index is 2.40. The normalized spacial score (nSPS) is 11.7. The number of anilines is 3. The molecular weight excluding hydrogens is 559 g/mol. The zero-order chi connectivity index (χ0) is 28.3. The molecule has 7 aromatic carbocycles. The fraction of sp³-hybridized carbons (Fsp3) is 0. The van der Waals surface area contributed by atoms with E-state index in [0.29, 0.717) is 0 Å². The van der Waals surface area contributed by atoms with Crippen LogP contribution in [0.25, 0.3) is 62.2 Å². The zero-order valence-corrected chi connectivity index (χ0v) is 24.8. The fourth-order valence-corrected chi connectivity index (χ4v) is 8.55. The highest BCUT2D eigenvalue weighted by molar-refractivity contribution is 7.26. The Morgan fingerprint density at radius 1 is 0.326 bits per heavy atom. The third-order valence-corrected chi connectivity index (χ3v) is 10.7. The Bertz CT molecular complexity index is 2450. The molecule has 0 aliphatic rings. The molecule has 0 atom stereocenters. The highest BCUT2D eigenvalue weighted by Gasteiger charge is 2.16. The molecule has 0 saturated carbocycles.